The van der Waals surface area contributed by atoms with Gasteiger partial charge >= 0.3 is 0 Å². The third-order valence-corrected chi connectivity index (χ3v) is 3.40. The Morgan fingerprint density at radius 3 is 2.94 bits per heavy atom. The van der Waals surface area contributed by atoms with Gasteiger partial charge in [0.15, 0.2) is 0 Å². The fourth-order valence-electron chi connectivity index (χ4n) is 1.61. The first-order chi connectivity index (χ1) is 8.63. The molecular weight excluding hydrogens is 248 g/mol. The number of hydrogen-bond donors (Lipinski definition) is 1. The monoisotopic (exact) mass is 262 g/mol. The number of amides is 1. The summed E-state index contributed by atoms with van der Waals surface area (Å²) in [5.41, 5.74) is 7.84. The third kappa shape index (κ3) is 2.33. The smallest absolute Gasteiger partial charge is 0.271 e. The van der Waals surface area contributed by atoms with Crippen molar-refractivity contribution in [2.75, 3.05) is 17.7 Å². The lowest BCUT2D eigenvalue weighted by Gasteiger charge is -2.16. The van der Waals surface area contributed by atoms with Crippen molar-refractivity contribution in [1.82, 2.24) is 9.59 Å². The second-order valence-electron chi connectivity index (χ2n) is 3.86. The van der Waals surface area contributed by atoms with E-state index in [1.807, 2.05) is 19.1 Å². The molecule has 0 atom stereocenters. The summed E-state index contributed by atoms with van der Waals surface area (Å²) in [6, 6.07) is 7.21. The van der Waals surface area contributed by atoms with Crippen molar-refractivity contribution in [3.05, 3.63) is 34.8 Å². The van der Waals surface area contributed by atoms with Gasteiger partial charge in [-0.1, -0.05) is 17.5 Å². The predicted molar refractivity (Wildman–Crippen MR) is 72.9 cm³/mol. The van der Waals surface area contributed by atoms with Gasteiger partial charge in [0.25, 0.3) is 5.91 Å². The van der Waals surface area contributed by atoms with E-state index < -0.39 is 0 Å². The summed E-state index contributed by atoms with van der Waals surface area (Å²) in [7, 11) is 1.72. The number of benzene rings is 1. The highest BCUT2D eigenvalue weighted by molar-refractivity contribution is 7.08. The number of carbonyl (C=O) groups excluding carboxylic acids is 1. The standard InChI is InChI=1S/C12H14N4OS/c1-3-10-11(18-15-14-10)12(17)16(2)9-6-4-5-8(13)7-9/h4-7H,3,13H2,1-2H3. The number of rotatable bonds is 3. The summed E-state index contributed by atoms with van der Waals surface area (Å²) in [4.78, 5) is 14.5. The Hall–Kier alpha value is -1.95. The van der Waals surface area contributed by atoms with Crippen LogP contribution in [0.25, 0.3) is 0 Å². The van der Waals surface area contributed by atoms with Gasteiger partial charge in [0.05, 0.1) is 5.69 Å². The summed E-state index contributed by atoms with van der Waals surface area (Å²) >= 11 is 1.13. The molecule has 0 spiro atoms. The van der Waals surface area contributed by atoms with E-state index >= 15 is 0 Å². The predicted octanol–water partition coefficient (Wildman–Crippen LogP) is 1.96. The Morgan fingerprint density at radius 2 is 2.28 bits per heavy atom. The van der Waals surface area contributed by atoms with Gasteiger partial charge in [-0.15, -0.1) is 5.10 Å². The molecule has 0 saturated heterocycles. The van der Waals surface area contributed by atoms with Crippen molar-refractivity contribution in [2.24, 2.45) is 0 Å². The normalized spacial score (nSPS) is 10.3. The minimum absolute atomic E-state index is 0.104. The lowest BCUT2D eigenvalue weighted by atomic mass is 10.2. The molecule has 0 aliphatic carbocycles. The second-order valence-corrected chi connectivity index (χ2v) is 4.62. The maximum Gasteiger partial charge on any atom is 0.271 e. The van der Waals surface area contributed by atoms with E-state index in [-0.39, 0.29) is 5.91 Å². The van der Waals surface area contributed by atoms with E-state index in [1.165, 1.54) is 0 Å². The number of nitrogen functional groups attached to an aromatic ring is 1. The van der Waals surface area contributed by atoms with E-state index in [0.717, 1.165) is 22.9 Å². The molecule has 2 aromatic rings. The van der Waals surface area contributed by atoms with Gasteiger partial charge < -0.3 is 10.6 Å². The summed E-state index contributed by atoms with van der Waals surface area (Å²) in [5.74, 6) is -0.104. The maximum atomic E-state index is 12.3. The van der Waals surface area contributed by atoms with Crippen LogP contribution in [0.2, 0.25) is 0 Å². The second kappa shape index (κ2) is 5.14. The van der Waals surface area contributed by atoms with Crippen molar-refractivity contribution in [3.8, 4) is 0 Å². The molecule has 6 heteroatoms. The number of nitrogens with zero attached hydrogens (tertiary/aromatic N) is 3. The molecule has 0 bridgehead atoms. The van der Waals surface area contributed by atoms with Gasteiger partial charge in [0.2, 0.25) is 0 Å². The lowest BCUT2D eigenvalue weighted by molar-refractivity contribution is 0.0996. The first-order valence-electron chi connectivity index (χ1n) is 5.58. The zero-order valence-corrected chi connectivity index (χ0v) is 11.1. The Bertz CT molecular complexity index is 567. The Morgan fingerprint density at radius 1 is 1.50 bits per heavy atom. The summed E-state index contributed by atoms with van der Waals surface area (Å²) in [6.45, 7) is 1.95. The van der Waals surface area contributed by atoms with Crippen LogP contribution in [0.3, 0.4) is 0 Å². The van der Waals surface area contributed by atoms with Crippen molar-refractivity contribution in [2.45, 2.75) is 13.3 Å². The summed E-state index contributed by atoms with van der Waals surface area (Å²) in [6.07, 6.45) is 0.697. The van der Waals surface area contributed by atoms with Crippen LogP contribution in [0.5, 0.6) is 0 Å². The lowest BCUT2D eigenvalue weighted by Crippen LogP contribution is -2.26. The highest BCUT2D eigenvalue weighted by Gasteiger charge is 2.20. The van der Waals surface area contributed by atoms with E-state index in [9.17, 15) is 4.79 Å². The maximum absolute atomic E-state index is 12.3. The molecule has 0 saturated carbocycles. The first kappa shape index (κ1) is 12.5. The number of aryl methyl sites for hydroxylation is 1. The van der Waals surface area contributed by atoms with Gasteiger partial charge in [-0.25, -0.2) is 0 Å². The van der Waals surface area contributed by atoms with Crippen molar-refractivity contribution in [3.63, 3.8) is 0 Å². The van der Waals surface area contributed by atoms with Gasteiger partial charge in [-0.2, -0.15) is 0 Å². The SMILES string of the molecule is CCc1nnsc1C(=O)N(C)c1cccc(N)c1. The molecular formula is C12H14N4OS. The zero-order valence-electron chi connectivity index (χ0n) is 10.3. The Kier molecular flexibility index (Phi) is 3.57. The molecule has 0 unspecified atom stereocenters. The van der Waals surface area contributed by atoms with Crippen LogP contribution in [-0.4, -0.2) is 22.5 Å². The zero-order chi connectivity index (χ0) is 13.1. The summed E-state index contributed by atoms with van der Waals surface area (Å²) < 4.78 is 3.83. The van der Waals surface area contributed by atoms with Crippen LogP contribution in [-0.2, 0) is 6.42 Å². The molecule has 94 valence electrons. The molecule has 1 aromatic heterocycles. The van der Waals surface area contributed by atoms with Crippen LogP contribution in [0, 0.1) is 0 Å². The van der Waals surface area contributed by atoms with Crippen LogP contribution >= 0.6 is 11.5 Å². The number of anilines is 2. The fraction of sp³-hybridized carbons (Fsp3) is 0.250. The van der Waals surface area contributed by atoms with Crippen molar-refractivity contribution in [1.29, 1.82) is 0 Å². The molecule has 18 heavy (non-hydrogen) atoms. The number of nitrogens with two attached hydrogens (primary N) is 1. The Balaban J connectivity index is 2.29. The molecule has 1 aromatic carbocycles. The molecule has 0 aliphatic heterocycles. The van der Waals surface area contributed by atoms with Crippen molar-refractivity contribution >= 4 is 28.8 Å². The van der Waals surface area contributed by atoms with Gasteiger partial charge in [-0.3, -0.25) is 4.79 Å². The first-order valence-corrected chi connectivity index (χ1v) is 6.35. The van der Waals surface area contributed by atoms with Gasteiger partial charge in [0.1, 0.15) is 4.88 Å². The largest absolute Gasteiger partial charge is 0.399 e. The molecule has 1 heterocycles. The molecule has 1 amide bonds. The minimum atomic E-state index is -0.104. The minimum Gasteiger partial charge on any atom is -0.399 e. The van der Waals surface area contributed by atoms with Gasteiger partial charge in [0, 0.05) is 18.4 Å². The number of aromatic nitrogens is 2. The highest BCUT2D eigenvalue weighted by atomic mass is 32.1. The molecule has 2 N–H and O–H groups in total. The molecule has 5 nitrogen and oxygen atoms in total. The van der Waals surface area contributed by atoms with E-state index in [4.69, 9.17) is 5.73 Å². The van der Waals surface area contributed by atoms with E-state index in [2.05, 4.69) is 9.59 Å². The van der Waals surface area contributed by atoms with E-state index in [1.54, 1.807) is 24.1 Å². The molecule has 0 fully saturated rings. The Labute approximate surface area is 109 Å². The topological polar surface area (TPSA) is 72.1 Å². The van der Waals surface area contributed by atoms with Crippen LogP contribution < -0.4 is 10.6 Å². The highest BCUT2D eigenvalue weighted by Crippen LogP contribution is 2.21. The van der Waals surface area contributed by atoms with Crippen molar-refractivity contribution < 1.29 is 4.79 Å². The number of hydrogen-bond acceptors (Lipinski definition) is 5. The average molecular weight is 262 g/mol. The van der Waals surface area contributed by atoms with E-state index in [0.29, 0.717) is 17.0 Å². The van der Waals surface area contributed by atoms with Crippen LogP contribution in [0.15, 0.2) is 24.3 Å². The molecule has 0 radical (unpaired) electrons. The third-order valence-electron chi connectivity index (χ3n) is 2.65. The van der Waals surface area contributed by atoms with Crippen LogP contribution in [0.4, 0.5) is 11.4 Å². The fourth-order valence-corrected chi connectivity index (χ4v) is 2.33. The average Bonchev–Trinajstić information content (AvgIpc) is 2.85. The van der Waals surface area contributed by atoms with Gasteiger partial charge in [-0.05, 0) is 36.2 Å². The van der Waals surface area contributed by atoms with Crippen LogP contribution in [0.1, 0.15) is 22.3 Å². The summed E-state index contributed by atoms with van der Waals surface area (Å²) in [5, 5.41) is 3.95. The molecule has 0 aliphatic rings. The number of carbonyl (C=O) groups is 1. The quantitative estimate of drug-likeness (QED) is 0.858. The molecule has 2 rings (SSSR count).